The van der Waals surface area contributed by atoms with Crippen molar-refractivity contribution in [2.75, 3.05) is 32.7 Å². The van der Waals surface area contributed by atoms with E-state index in [9.17, 15) is 9.59 Å². The smallest absolute Gasteiger partial charge is 0.407 e. The van der Waals surface area contributed by atoms with Crippen molar-refractivity contribution in [2.45, 2.75) is 12.1 Å². The summed E-state index contributed by atoms with van der Waals surface area (Å²) in [6.45, 7) is 2.78. The van der Waals surface area contributed by atoms with Gasteiger partial charge in [0.15, 0.2) is 0 Å². The summed E-state index contributed by atoms with van der Waals surface area (Å²) < 4.78 is 4.99. The van der Waals surface area contributed by atoms with Crippen LogP contribution in [0.5, 0.6) is 0 Å². The number of carbonyl (C=O) groups excluding carboxylic acids is 1. The van der Waals surface area contributed by atoms with E-state index < -0.39 is 18.1 Å². The summed E-state index contributed by atoms with van der Waals surface area (Å²) in [6, 6.07) is -0.534. The predicted octanol–water partition coefficient (Wildman–Crippen LogP) is -1.55. The Balaban J connectivity index is 1.91. The first kappa shape index (κ1) is 11.2. The number of rotatable bonds is 3. The number of alkyl carbamates (subject to hydrolysis) is 1. The average molecular weight is 229 g/mol. The number of aliphatic carboxylic acids is 1. The van der Waals surface area contributed by atoms with Crippen LogP contribution in [-0.4, -0.2) is 66.9 Å². The molecule has 7 nitrogen and oxygen atoms in total. The molecule has 7 heteroatoms. The highest BCUT2D eigenvalue weighted by Gasteiger charge is 2.32. The minimum Gasteiger partial charge on any atom is -0.480 e. The molecule has 0 aromatic rings. The van der Waals surface area contributed by atoms with Crippen LogP contribution < -0.4 is 10.6 Å². The number of amides is 1. The lowest BCUT2D eigenvalue weighted by Crippen LogP contribution is -2.56. The molecule has 2 unspecified atom stereocenters. The molecule has 0 bridgehead atoms. The number of nitrogens with zero attached hydrogens (tertiary/aromatic N) is 1. The number of ether oxygens (including phenoxy) is 1. The molecule has 1 amide bonds. The predicted molar refractivity (Wildman–Crippen MR) is 54.1 cm³/mol. The number of carboxylic acid groups (broad SMARTS) is 1. The molecule has 2 rings (SSSR count). The maximum atomic E-state index is 11.0. The van der Waals surface area contributed by atoms with E-state index in [0.717, 1.165) is 6.54 Å². The molecular formula is C9H15N3O4. The highest BCUT2D eigenvalue weighted by Crippen LogP contribution is 2.08. The molecule has 3 N–H and O–H groups in total. The van der Waals surface area contributed by atoms with Gasteiger partial charge in [0, 0.05) is 26.2 Å². The van der Waals surface area contributed by atoms with Crippen molar-refractivity contribution >= 4 is 12.1 Å². The summed E-state index contributed by atoms with van der Waals surface area (Å²) in [5.41, 5.74) is 0. The quantitative estimate of drug-likeness (QED) is 0.543. The lowest BCUT2D eigenvalue weighted by molar-refractivity contribution is -0.144. The van der Waals surface area contributed by atoms with Gasteiger partial charge in [-0.2, -0.15) is 0 Å². The number of cyclic esters (lactones) is 1. The fraction of sp³-hybridized carbons (Fsp3) is 0.778. The molecule has 2 aliphatic heterocycles. The van der Waals surface area contributed by atoms with Crippen LogP contribution in [0.15, 0.2) is 0 Å². The first-order valence-electron chi connectivity index (χ1n) is 5.29. The van der Waals surface area contributed by atoms with E-state index in [4.69, 9.17) is 9.84 Å². The Bertz CT molecular complexity index is 296. The van der Waals surface area contributed by atoms with Crippen LogP contribution in [0.3, 0.4) is 0 Å². The summed E-state index contributed by atoms with van der Waals surface area (Å²) in [4.78, 5) is 23.7. The van der Waals surface area contributed by atoms with Crippen LogP contribution in [0.25, 0.3) is 0 Å². The highest BCUT2D eigenvalue weighted by atomic mass is 16.6. The van der Waals surface area contributed by atoms with Crippen molar-refractivity contribution in [3.63, 3.8) is 0 Å². The second-order valence-electron chi connectivity index (χ2n) is 3.96. The number of hydrogen-bond donors (Lipinski definition) is 3. The largest absolute Gasteiger partial charge is 0.480 e. The highest BCUT2D eigenvalue weighted by molar-refractivity contribution is 5.74. The first-order valence-corrected chi connectivity index (χ1v) is 5.29. The van der Waals surface area contributed by atoms with Gasteiger partial charge in [0.25, 0.3) is 0 Å². The molecule has 2 atom stereocenters. The minimum absolute atomic E-state index is 0.243. The normalized spacial score (nSPS) is 30.9. The molecule has 0 radical (unpaired) electrons. The number of hydrogen-bond acceptors (Lipinski definition) is 5. The third kappa shape index (κ3) is 2.42. The Labute approximate surface area is 92.7 Å². The number of carboxylic acids is 1. The number of nitrogens with one attached hydrogen (secondary N) is 2. The summed E-state index contributed by atoms with van der Waals surface area (Å²) in [7, 11) is 0. The summed E-state index contributed by atoms with van der Waals surface area (Å²) in [5, 5.41) is 14.6. The van der Waals surface area contributed by atoms with Crippen LogP contribution in [-0.2, 0) is 9.53 Å². The molecule has 2 aliphatic rings. The Kier molecular flexibility index (Phi) is 3.25. The molecule has 0 aromatic carbocycles. The lowest BCUT2D eigenvalue weighted by Gasteiger charge is -2.34. The SMILES string of the molecule is O=C1NCC(CN2CCNCC2C(=O)O)O1. The molecule has 2 fully saturated rings. The first-order chi connectivity index (χ1) is 7.66. The third-order valence-corrected chi connectivity index (χ3v) is 2.83. The molecule has 0 aromatic heterocycles. The Morgan fingerprint density at radius 2 is 2.38 bits per heavy atom. The standard InChI is InChI=1S/C9H15N3O4/c13-8(14)7-4-10-1-2-12(7)5-6-3-11-9(15)16-6/h6-7,10H,1-5H2,(H,11,15)(H,13,14). The van der Waals surface area contributed by atoms with Crippen molar-refractivity contribution in [1.29, 1.82) is 0 Å². The summed E-state index contributed by atoms with van der Waals surface area (Å²) in [6.07, 6.45) is -0.667. The van der Waals surface area contributed by atoms with Crippen LogP contribution in [0, 0.1) is 0 Å². The molecule has 16 heavy (non-hydrogen) atoms. The molecule has 0 spiro atoms. The Morgan fingerprint density at radius 3 is 3.00 bits per heavy atom. The van der Waals surface area contributed by atoms with Crippen LogP contribution in [0.4, 0.5) is 4.79 Å². The van der Waals surface area contributed by atoms with E-state index in [1.165, 1.54) is 0 Å². The molecular weight excluding hydrogens is 214 g/mol. The van der Waals surface area contributed by atoms with Gasteiger partial charge in [-0.25, -0.2) is 4.79 Å². The van der Waals surface area contributed by atoms with Gasteiger partial charge in [-0.05, 0) is 0 Å². The zero-order valence-electron chi connectivity index (χ0n) is 8.81. The number of carbonyl (C=O) groups is 2. The third-order valence-electron chi connectivity index (χ3n) is 2.83. The lowest BCUT2D eigenvalue weighted by atomic mass is 10.1. The Morgan fingerprint density at radius 1 is 1.56 bits per heavy atom. The van der Waals surface area contributed by atoms with Crippen molar-refractivity contribution in [1.82, 2.24) is 15.5 Å². The average Bonchev–Trinajstić information content (AvgIpc) is 2.64. The van der Waals surface area contributed by atoms with E-state index >= 15 is 0 Å². The van der Waals surface area contributed by atoms with Gasteiger partial charge in [-0.1, -0.05) is 0 Å². The maximum Gasteiger partial charge on any atom is 0.407 e. The van der Waals surface area contributed by atoms with Crippen LogP contribution in [0.1, 0.15) is 0 Å². The monoisotopic (exact) mass is 229 g/mol. The second kappa shape index (κ2) is 4.67. The molecule has 2 heterocycles. The van der Waals surface area contributed by atoms with Crippen molar-refractivity contribution < 1.29 is 19.4 Å². The van der Waals surface area contributed by atoms with Gasteiger partial charge < -0.3 is 20.5 Å². The van der Waals surface area contributed by atoms with Crippen LogP contribution in [0.2, 0.25) is 0 Å². The maximum absolute atomic E-state index is 11.0. The van der Waals surface area contributed by atoms with Gasteiger partial charge >= 0.3 is 12.1 Å². The fourth-order valence-electron chi connectivity index (χ4n) is 2.00. The minimum atomic E-state index is -0.843. The molecule has 2 saturated heterocycles. The Hall–Kier alpha value is -1.34. The van der Waals surface area contributed by atoms with Crippen LogP contribution >= 0.6 is 0 Å². The molecule has 0 aliphatic carbocycles. The van der Waals surface area contributed by atoms with Crippen molar-refractivity contribution in [2.24, 2.45) is 0 Å². The van der Waals surface area contributed by atoms with Crippen molar-refractivity contribution in [3.05, 3.63) is 0 Å². The second-order valence-corrected chi connectivity index (χ2v) is 3.96. The summed E-state index contributed by atoms with van der Waals surface area (Å²) in [5.74, 6) is -0.843. The molecule has 0 saturated carbocycles. The van der Waals surface area contributed by atoms with E-state index in [2.05, 4.69) is 10.6 Å². The zero-order chi connectivity index (χ0) is 11.5. The zero-order valence-corrected chi connectivity index (χ0v) is 8.81. The van der Waals surface area contributed by atoms with Gasteiger partial charge in [0.05, 0.1) is 6.54 Å². The van der Waals surface area contributed by atoms with Gasteiger partial charge in [-0.15, -0.1) is 0 Å². The van der Waals surface area contributed by atoms with E-state index in [1.807, 2.05) is 4.90 Å². The van der Waals surface area contributed by atoms with E-state index in [1.54, 1.807) is 0 Å². The van der Waals surface area contributed by atoms with Gasteiger partial charge in [0.1, 0.15) is 12.1 Å². The molecule has 90 valence electrons. The van der Waals surface area contributed by atoms with E-state index in [-0.39, 0.29) is 6.10 Å². The topological polar surface area (TPSA) is 90.9 Å². The van der Waals surface area contributed by atoms with Gasteiger partial charge in [0.2, 0.25) is 0 Å². The van der Waals surface area contributed by atoms with E-state index in [0.29, 0.717) is 26.2 Å². The summed E-state index contributed by atoms with van der Waals surface area (Å²) >= 11 is 0. The van der Waals surface area contributed by atoms with Crippen molar-refractivity contribution in [3.8, 4) is 0 Å². The fourth-order valence-corrected chi connectivity index (χ4v) is 2.00. The van der Waals surface area contributed by atoms with Gasteiger partial charge in [-0.3, -0.25) is 9.69 Å². The number of piperazine rings is 1.